The Morgan fingerprint density at radius 1 is 0.711 bits per heavy atom. The van der Waals surface area contributed by atoms with E-state index in [1.165, 1.54) is 28.1 Å². The summed E-state index contributed by atoms with van der Waals surface area (Å²) in [6.45, 7) is 20.1. The summed E-state index contributed by atoms with van der Waals surface area (Å²) in [5.41, 5.74) is 4.29. The second-order valence-electron chi connectivity index (χ2n) is 11.3. The Labute approximate surface area is 269 Å². The topological polar surface area (TPSA) is 95.8 Å². The van der Waals surface area contributed by atoms with E-state index < -0.39 is 0 Å². The number of allylic oxidation sites excluding steroid dienone is 2. The lowest BCUT2D eigenvalue weighted by Gasteiger charge is -2.15. The second kappa shape index (κ2) is 18.6. The number of ether oxygens (including phenoxy) is 4. The first-order valence-corrected chi connectivity index (χ1v) is 15.6. The minimum Gasteiger partial charge on any atom is -0.493 e. The predicted molar refractivity (Wildman–Crippen MR) is 184 cm³/mol. The van der Waals surface area contributed by atoms with Gasteiger partial charge in [0.25, 0.3) is 0 Å². The highest BCUT2D eigenvalue weighted by Crippen LogP contribution is 2.37. The summed E-state index contributed by atoms with van der Waals surface area (Å²) in [6, 6.07) is 6.80. The van der Waals surface area contributed by atoms with E-state index in [4.69, 9.17) is 18.9 Å². The maximum Gasteiger partial charge on any atom is 0.163 e. The molecule has 0 radical (unpaired) electrons. The Morgan fingerprint density at radius 2 is 1.09 bits per heavy atom. The number of rotatable bonds is 20. The number of Topliss-reactive ketones (excluding diaryl/α,β-unsaturated/α-hetero) is 2. The van der Waals surface area contributed by atoms with Crippen LogP contribution in [0.2, 0.25) is 0 Å². The Balaban J connectivity index is 2.17. The molecule has 0 heterocycles. The van der Waals surface area contributed by atoms with Crippen LogP contribution in [0.3, 0.4) is 0 Å². The summed E-state index contributed by atoms with van der Waals surface area (Å²) in [5.74, 6) is 2.01. The molecule has 0 aliphatic heterocycles. The van der Waals surface area contributed by atoms with Gasteiger partial charge in [0.1, 0.15) is 0 Å². The molecule has 244 valence electrons. The predicted octanol–water partition coefficient (Wildman–Crippen LogP) is 9.35. The molecule has 45 heavy (non-hydrogen) atoms. The van der Waals surface area contributed by atoms with Crippen molar-refractivity contribution >= 4 is 35.4 Å². The van der Waals surface area contributed by atoms with Crippen LogP contribution in [0, 0.1) is 11.8 Å². The van der Waals surface area contributed by atoms with Gasteiger partial charge in [-0.1, -0.05) is 52.0 Å². The van der Waals surface area contributed by atoms with Gasteiger partial charge in [0, 0.05) is 42.1 Å². The van der Waals surface area contributed by atoms with E-state index in [9.17, 15) is 9.59 Å². The number of aliphatic imine (C=N–C) groups is 2. The number of nitrogens with zero attached hydrogens (tertiary/aromatic N) is 2. The lowest BCUT2D eigenvalue weighted by atomic mass is 10.0. The van der Waals surface area contributed by atoms with E-state index >= 15 is 0 Å². The summed E-state index contributed by atoms with van der Waals surface area (Å²) in [4.78, 5) is 34.0. The smallest absolute Gasteiger partial charge is 0.163 e. The first-order chi connectivity index (χ1) is 21.4. The monoisotopic (exact) mass is 618 g/mol. The Bertz CT molecular complexity index is 1300. The third kappa shape index (κ3) is 11.7. The van der Waals surface area contributed by atoms with Crippen molar-refractivity contribution in [2.75, 3.05) is 27.4 Å². The fraction of sp³-hybridized carbons (Fsp3) is 0.459. The van der Waals surface area contributed by atoms with Crippen LogP contribution in [0.1, 0.15) is 94.4 Å². The number of methoxy groups -OCH3 is 2. The first-order valence-electron chi connectivity index (χ1n) is 15.6. The molecule has 0 fully saturated rings. The van der Waals surface area contributed by atoms with Crippen LogP contribution in [0.15, 0.2) is 58.6 Å². The van der Waals surface area contributed by atoms with E-state index in [-0.39, 0.29) is 23.4 Å². The Hall–Kier alpha value is -4.20. The number of hydrogen-bond donors (Lipinski definition) is 0. The van der Waals surface area contributed by atoms with Gasteiger partial charge in [-0.3, -0.25) is 19.6 Å². The highest BCUT2D eigenvalue weighted by molar-refractivity contribution is 6.01. The zero-order valence-corrected chi connectivity index (χ0v) is 28.3. The van der Waals surface area contributed by atoms with Gasteiger partial charge in [-0.05, 0) is 63.5 Å². The summed E-state index contributed by atoms with van der Waals surface area (Å²) in [6.07, 6.45) is 7.73. The largest absolute Gasteiger partial charge is 0.493 e. The van der Waals surface area contributed by atoms with Crippen LogP contribution < -0.4 is 18.9 Å². The van der Waals surface area contributed by atoms with Gasteiger partial charge in [-0.15, -0.1) is 0 Å². The molecule has 0 amide bonds. The summed E-state index contributed by atoms with van der Waals surface area (Å²) < 4.78 is 23.1. The zero-order chi connectivity index (χ0) is 33.5. The molecule has 0 saturated carbocycles. The SMILES string of the molecule is C=C(CC)C[C@H](C)C=Nc1cc(OCCCOc2cc(N=C[C@@H](C)CC(=C)CC)c(C(C)=O)cc2OC)c(OC)cc1C(C)=O. The van der Waals surface area contributed by atoms with Gasteiger partial charge in [0.15, 0.2) is 34.6 Å². The lowest BCUT2D eigenvalue weighted by molar-refractivity contribution is 0.100. The van der Waals surface area contributed by atoms with Crippen molar-refractivity contribution in [3.8, 4) is 23.0 Å². The van der Waals surface area contributed by atoms with Crippen molar-refractivity contribution in [2.45, 2.75) is 73.6 Å². The van der Waals surface area contributed by atoms with Crippen LogP contribution >= 0.6 is 0 Å². The standard InChI is InChI=1S/C37H50N2O6/c1-11-24(3)16-26(5)22-38-32-20-36(34(42-9)18-30(32)28(7)40)44-14-13-15-45-37-21-33(31(29(8)41)19-35(37)43-10)39-23-27(6)17-25(4)12-2/h18-23,26-27H,3-4,11-17H2,1-2,5-10H3/t26-,27-/m0/s1. The molecule has 8 heteroatoms. The average molecular weight is 619 g/mol. The molecule has 0 N–H and O–H groups in total. The van der Waals surface area contributed by atoms with Gasteiger partial charge in [-0.25, -0.2) is 0 Å². The molecule has 0 unspecified atom stereocenters. The van der Waals surface area contributed by atoms with Gasteiger partial charge < -0.3 is 18.9 Å². The first kappa shape index (κ1) is 37.0. The van der Waals surface area contributed by atoms with Gasteiger partial charge in [-0.2, -0.15) is 0 Å². The highest BCUT2D eigenvalue weighted by atomic mass is 16.5. The molecule has 0 aromatic heterocycles. The van der Waals surface area contributed by atoms with Crippen LogP contribution in [0.25, 0.3) is 0 Å². The molecule has 2 rings (SSSR count). The van der Waals surface area contributed by atoms with E-state index in [2.05, 4.69) is 50.8 Å². The Kier molecular flexibility index (Phi) is 15.3. The fourth-order valence-corrected chi connectivity index (χ4v) is 4.56. The van der Waals surface area contributed by atoms with Gasteiger partial charge in [0.2, 0.25) is 0 Å². The molecular formula is C37H50N2O6. The molecule has 0 spiro atoms. The Morgan fingerprint density at radius 3 is 1.40 bits per heavy atom. The summed E-state index contributed by atoms with van der Waals surface area (Å²) in [7, 11) is 3.07. The minimum absolute atomic E-state index is 0.111. The van der Waals surface area contributed by atoms with Crippen molar-refractivity contribution in [1.82, 2.24) is 0 Å². The normalized spacial score (nSPS) is 12.6. The molecule has 0 saturated heterocycles. The minimum atomic E-state index is -0.111. The van der Waals surface area contributed by atoms with E-state index in [1.54, 1.807) is 24.3 Å². The van der Waals surface area contributed by atoms with Gasteiger partial charge in [0.05, 0.1) is 38.8 Å². The van der Waals surface area contributed by atoms with Crippen molar-refractivity contribution in [3.05, 3.63) is 59.7 Å². The van der Waals surface area contributed by atoms with Crippen molar-refractivity contribution in [3.63, 3.8) is 0 Å². The number of ketones is 2. The molecular weight excluding hydrogens is 568 g/mol. The highest BCUT2D eigenvalue weighted by Gasteiger charge is 2.17. The number of benzene rings is 2. The average Bonchev–Trinajstić information content (AvgIpc) is 3.01. The maximum atomic E-state index is 12.4. The summed E-state index contributed by atoms with van der Waals surface area (Å²) >= 11 is 0. The van der Waals surface area contributed by atoms with Gasteiger partial charge >= 0.3 is 0 Å². The quantitative estimate of drug-likeness (QED) is 0.0635. The lowest BCUT2D eigenvalue weighted by Crippen LogP contribution is -2.07. The van der Waals surface area contributed by atoms with Crippen LogP contribution in [-0.4, -0.2) is 51.4 Å². The molecule has 2 aromatic rings. The fourth-order valence-electron chi connectivity index (χ4n) is 4.56. The van der Waals surface area contributed by atoms with Crippen LogP contribution in [-0.2, 0) is 0 Å². The number of carbonyl (C=O) groups excluding carboxylic acids is 2. The molecule has 0 aliphatic carbocycles. The summed E-state index contributed by atoms with van der Waals surface area (Å²) in [5, 5.41) is 0. The number of carbonyl (C=O) groups is 2. The third-order valence-electron chi connectivity index (χ3n) is 7.28. The second-order valence-corrected chi connectivity index (χ2v) is 11.3. The molecule has 0 bridgehead atoms. The van der Waals surface area contributed by atoms with Crippen molar-refractivity contribution in [2.24, 2.45) is 21.8 Å². The van der Waals surface area contributed by atoms with Crippen LogP contribution in [0.4, 0.5) is 11.4 Å². The zero-order valence-electron chi connectivity index (χ0n) is 28.3. The van der Waals surface area contributed by atoms with E-state index in [0.717, 1.165) is 36.8 Å². The molecule has 2 atom stereocenters. The van der Waals surface area contributed by atoms with E-state index in [0.29, 0.717) is 65.1 Å². The van der Waals surface area contributed by atoms with Crippen LogP contribution in [0.5, 0.6) is 23.0 Å². The molecule has 2 aromatic carbocycles. The molecule has 0 aliphatic rings. The van der Waals surface area contributed by atoms with Crippen molar-refractivity contribution < 1.29 is 28.5 Å². The number of hydrogen-bond acceptors (Lipinski definition) is 8. The maximum absolute atomic E-state index is 12.4. The third-order valence-corrected chi connectivity index (χ3v) is 7.28. The van der Waals surface area contributed by atoms with Crippen molar-refractivity contribution in [1.29, 1.82) is 0 Å². The molecule has 8 nitrogen and oxygen atoms in total. The van der Waals surface area contributed by atoms with E-state index in [1.807, 2.05) is 12.4 Å².